The van der Waals surface area contributed by atoms with Crippen LogP contribution in [-0.2, 0) is 4.79 Å². The Morgan fingerprint density at radius 1 is 1.47 bits per heavy atom. The quantitative estimate of drug-likeness (QED) is 0.734. The highest BCUT2D eigenvalue weighted by Crippen LogP contribution is 2.47. The van der Waals surface area contributed by atoms with Crippen LogP contribution in [0.5, 0.6) is 0 Å². The summed E-state index contributed by atoms with van der Waals surface area (Å²) in [4.78, 5) is 11.5. The van der Waals surface area contributed by atoms with E-state index in [4.69, 9.17) is 5.73 Å². The molecular formula is C12H22N2O. The number of carbonyl (C=O) groups excluding carboxylic acids is 1. The van der Waals surface area contributed by atoms with E-state index < -0.39 is 0 Å². The highest BCUT2D eigenvalue weighted by Gasteiger charge is 2.39. The van der Waals surface area contributed by atoms with Gasteiger partial charge in [0, 0.05) is 6.54 Å². The van der Waals surface area contributed by atoms with Crippen LogP contribution in [-0.4, -0.2) is 18.5 Å². The van der Waals surface area contributed by atoms with E-state index in [0.717, 1.165) is 30.7 Å². The van der Waals surface area contributed by atoms with Crippen molar-refractivity contribution in [2.45, 2.75) is 45.1 Å². The summed E-state index contributed by atoms with van der Waals surface area (Å²) in [5.74, 6) is 2.60. The predicted octanol–water partition coefficient (Wildman–Crippen LogP) is 1.28. The first kappa shape index (κ1) is 10.9. The number of carbonyl (C=O) groups is 1. The van der Waals surface area contributed by atoms with Crippen LogP contribution in [0.25, 0.3) is 0 Å². The second kappa shape index (κ2) is 4.52. The van der Waals surface area contributed by atoms with Crippen molar-refractivity contribution in [1.82, 2.24) is 5.32 Å². The lowest BCUT2D eigenvalue weighted by atomic mass is 9.89. The maximum Gasteiger partial charge on any atom is 0.236 e. The molecular weight excluding hydrogens is 188 g/mol. The highest BCUT2D eigenvalue weighted by molar-refractivity contribution is 5.81. The third-order valence-electron chi connectivity index (χ3n) is 4.20. The summed E-state index contributed by atoms with van der Waals surface area (Å²) >= 11 is 0. The molecule has 3 nitrogen and oxygen atoms in total. The normalized spacial score (nSPS) is 35.5. The Hall–Kier alpha value is -0.570. The van der Waals surface area contributed by atoms with Crippen molar-refractivity contribution in [2.24, 2.45) is 23.5 Å². The molecule has 0 saturated heterocycles. The Bertz CT molecular complexity index is 242. The van der Waals surface area contributed by atoms with E-state index in [1.165, 1.54) is 25.7 Å². The van der Waals surface area contributed by atoms with Crippen molar-refractivity contribution in [3.05, 3.63) is 0 Å². The molecule has 2 fully saturated rings. The van der Waals surface area contributed by atoms with Gasteiger partial charge in [0.1, 0.15) is 0 Å². The van der Waals surface area contributed by atoms with Gasteiger partial charge in [0.15, 0.2) is 0 Å². The summed E-state index contributed by atoms with van der Waals surface area (Å²) in [5, 5.41) is 3.00. The molecule has 0 aliphatic heterocycles. The maximum atomic E-state index is 11.5. The zero-order chi connectivity index (χ0) is 10.8. The monoisotopic (exact) mass is 210 g/mol. The van der Waals surface area contributed by atoms with E-state index >= 15 is 0 Å². The van der Waals surface area contributed by atoms with Gasteiger partial charge in [-0.05, 0) is 43.4 Å². The molecule has 4 unspecified atom stereocenters. The molecule has 4 atom stereocenters. The number of hydrogen-bond acceptors (Lipinski definition) is 2. The summed E-state index contributed by atoms with van der Waals surface area (Å²) in [6, 6.07) is -0.316. The number of fused-ring (bicyclic) bond motifs is 2. The topological polar surface area (TPSA) is 55.1 Å². The molecule has 2 aliphatic rings. The molecule has 0 spiro atoms. The maximum absolute atomic E-state index is 11.5. The third kappa shape index (κ3) is 2.33. The molecule has 1 amide bonds. The van der Waals surface area contributed by atoms with Gasteiger partial charge in [-0.25, -0.2) is 0 Å². The first-order chi connectivity index (χ1) is 7.20. The van der Waals surface area contributed by atoms with Crippen LogP contribution in [0, 0.1) is 17.8 Å². The number of amides is 1. The minimum atomic E-state index is -0.316. The second-order valence-electron chi connectivity index (χ2n) is 5.19. The van der Waals surface area contributed by atoms with Crippen LogP contribution in [0.2, 0.25) is 0 Å². The Morgan fingerprint density at radius 3 is 2.80 bits per heavy atom. The molecule has 3 heteroatoms. The van der Waals surface area contributed by atoms with Crippen LogP contribution in [0.3, 0.4) is 0 Å². The molecule has 0 aromatic carbocycles. The fourth-order valence-corrected chi connectivity index (χ4v) is 3.17. The first-order valence-corrected chi connectivity index (χ1v) is 6.24. The summed E-state index contributed by atoms with van der Waals surface area (Å²) < 4.78 is 0. The zero-order valence-electron chi connectivity index (χ0n) is 9.54. The van der Waals surface area contributed by atoms with Crippen molar-refractivity contribution in [3.8, 4) is 0 Å². The van der Waals surface area contributed by atoms with Crippen LogP contribution in [0.15, 0.2) is 0 Å². The van der Waals surface area contributed by atoms with E-state index in [0.29, 0.717) is 0 Å². The molecule has 15 heavy (non-hydrogen) atoms. The fourth-order valence-electron chi connectivity index (χ4n) is 3.17. The lowest BCUT2D eigenvalue weighted by Crippen LogP contribution is -2.42. The Labute approximate surface area is 91.8 Å². The van der Waals surface area contributed by atoms with Gasteiger partial charge in [-0.2, -0.15) is 0 Å². The number of rotatable bonds is 4. The number of nitrogens with two attached hydrogens (primary N) is 1. The number of hydrogen-bond donors (Lipinski definition) is 2. The molecule has 0 heterocycles. The summed E-state index contributed by atoms with van der Waals surface area (Å²) in [6.45, 7) is 2.80. The molecule has 0 aromatic heterocycles. The average Bonchev–Trinajstić information content (AvgIpc) is 2.86. The van der Waals surface area contributed by atoms with Crippen molar-refractivity contribution in [3.63, 3.8) is 0 Å². The van der Waals surface area contributed by atoms with Gasteiger partial charge < -0.3 is 11.1 Å². The van der Waals surface area contributed by atoms with E-state index in [1.54, 1.807) is 0 Å². The van der Waals surface area contributed by atoms with Crippen molar-refractivity contribution < 1.29 is 4.79 Å². The van der Waals surface area contributed by atoms with Crippen molar-refractivity contribution in [1.29, 1.82) is 0 Å². The molecule has 3 N–H and O–H groups in total. The number of nitrogens with one attached hydrogen (secondary N) is 1. The SMILES string of the molecule is CCC(N)C(=O)NCC1CC2CCC1C2. The van der Waals surface area contributed by atoms with Crippen LogP contribution < -0.4 is 11.1 Å². The highest BCUT2D eigenvalue weighted by atomic mass is 16.2. The lowest BCUT2D eigenvalue weighted by Gasteiger charge is -2.22. The van der Waals surface area contributed by atoms with Crippen LogP contribution in [0.1, 0.15) is 39.0 Å². The van der Waals surface area contributed by atoms with Crippen molar-refractivity contribution >= 4 is 5.91 Å². The smallest absolute Gasteiger partial charge is 0.236 e. The van der Waals surface area contributed by atoms with Gasteiger partial charge in [-0.1, -0.05) is 13.3 Å². The summed E-state index contributed by atoms with van der Waals surface area (Å²) in [7, 11) is 0. The lowest BCUT2D eigenvalue weighted by molar-refractivity contribution is -0.122. The molecule has 86 valence electrons. The van der Waals surface area contributed by atoms with Gasteiger partial charge in [0.2, 0.25) is 5.91 Å². The zero-order valence-corrected chi connectivity index (χ0v) is 9.54. The van der Waals surface area contributed by atoms with Gasteiger partial charge in [0.05, 0.1) is 6.04 Å². The Morgan fingerprint density at radius 2 is 2.27 bits per heavy atom. The van der Waals surface area contributed by atoms with Crippen LogP contribution in [0.4, 0.5) is 0 Å². The third-order valence-corrected chi connectivity index (χ3v) is 4.20. The van der Waals surface area contributed by atoms with Gasteiger partial charge in [0.25, 0.3) is 0 Å². The Balaban J connectivity index is 1.72. The van der Waals surface area contributed by atoms with Gasteiger partial charge in [-0.15, -0.1) is 0 Å². The minimum absolute atomic E-state index is 0.0280. The standard InChI is InChI=1S/C12H22N2O/c1-2-11(13)12(15)14-7-10-6-8-3-4-9(10)5-8/h8-11H,2-7,13H2,1H3,(H,14,15). The fraction of sp³-hybridized carbons (Fsp3) is 0.917. The second-order valence-corrected chi connectivity index (χ2v) is 5.19. The molecule has 0 aromatic rings. The predicted molar refractivity (Wildman–Crippen MR) is 60.2 cm³/mol. The van der Waals surface area contributed by atoms with Gasteiger partial charge >= 0.3 is 0 Å². The molecule has 2 rings (SSSR count). The molecule has 0 radical (unpaired) electrons. The van der Waals surface area contributed by atoms with Gasteiger partial charge in [-0.3, -0.25) is 4.79 Å². The summed E-state index contributed by atoms with van der Waals surface area (Å²) in [6.07, 6.45) is 6.25. The van der Waals surface area contributed by atoms with E-state index in [9.17, 15) is 4.79 Å². The summed E-state index contributed by atoms with van der Waals surface area (Å²) in [5.41, 5.74) is 5.67. The first-order valence-electron chi connectivity index (χ1n) is 6.24. The van der Waals surface area contributed by atoms with E-state index in [1.807, 2.05) is 6.92 Å². The molecule has 2 aliphatic carbocycles. The Kier molecular flexibility index (Phi) is 3.29. The van der Waals surface area contributed by atoms with E-state index in [2.05, 4.69) is 5.32 Å². The van der Waals surface area contributed by atoms with Crippen LogP contribution >= 0.6 is 0 Å². The largest absolute Gasteiger partial charge is 0.354 e. The molecule has 2 bridgehead atoms. The van der Waals surface area contributed by atoms with E-state index in [-0.39, 0.29) is 11.9 Å². The average molecular weight is 210 g/mol. The van der Waals surface area contributed by atoms with Crippen molar-refractivity contribution in [2.75, 3.05) is 6.54 Å². The molecule has 2 saturated carbocycles. The minimum Gasteiger partial charge on any atom is -0.354 e.